The van der Waals surface area contributed by atoms with E-state index in [1.165, 1.54) is 0 Å². The minimum atomic E-state index is -0.582. The van der Waals surface area contributed by atoms with Gasteiger partial charge in [-0.25, -0.2) is 9.48 Å². The van der Waals surface area contributed by atoms with E-state index in [1.807, 2.05) is 85.8 Å². The number of ether oxygens (including phenoxy) is 3. The Morgan fingerprint density at radius 2 is 1.55 bits per heavy atom. The summed E-state index contributed by atoms with van der Waals surface area (Å²) in [5.74, 6) is 0.875. The highest BCUT2D eigenvalue weighted by Crippen LogP contribution is 2.33. The van der Waals surface area contributed by atoms with E-state index in [9.17, 15) is 4.79 Å². The summed E-state index contributed by atoms with van der Waals surface area (Å²) < 4.78 is 18.9. The standard InChI is InChI=1S/C26H25N3O4/c1-3-31-26(30)24-25(29(28-27-24)17-20-11-6-4-7-12-20)33-23-16-10-15-22(19(23)2)32-18-21-13-8-5-9-14-21/h4-16H,3,17-18H2,1-2H3. The molecule has 7 heteroatoms. The molecule has 7 nitrogen and oxygen atoms in total. The number of aromatic nitrogens is 3. The first-order valence-electron chi connectivity index (χ1n) is 10.7. The zero-order chi connectivity index (χ0) is 23.0. The highest BCUT2D eigenvalue weighted by Gasteiger charge is 2.24. The molecule has 0 fully saturated rings. The first-order valence-corrected chi connectivity index (χ1v) is 10.7. The van der Waals surface area contributed by atoms with Crippen molar-refractivity contribution in [2.45, 2.75) is 27.0 Å². The zero-order valence-corrected chi connectivity index (χ0v) is 18.6. The minimum Gasteiger partial charge on any atom is -0.488 e. The van der Waals surface area contributed by atoms with E-state index in [1.54, 1.807) is 11.6 Å². The van der Waals surface area contributed by atoms with Gasteiger partial charge in [-0.15, -0.1) is 5.10 Å². The molecule has 0 atom stereocenters. The smallest absolute Gasteiger partial charge is 0.364 e. The van der Waals surface area contributed by atoms with Crippen molar-refractivity contribution < 1.29 is 19.0 Å². The van der Waals surface area contributed by atoms with E-state index >= 15 is 0 Å². The summed E-state index contributed by atoms with van der Waals surface area (Å²) >= 11 is 0. The average molecular weight is 444 g/mol. The number of esters is 1. The van der Waals surface area contributed by atoms with Crippen molar-refractivity contribution in [2.24, 2.45) is 0 Å². The molecule has 1 aromatic heterocycles. The van der Waals surface area contributed by atoms with E-state index in [-0.39, 0.29) is 18.2 Å². The molecular formula is C26H25N3O4. The van der Waals surface area contributed by atoms with Crippen LogP contribution in [0.1, 0.15) is 34.1 Å². The third-order valence-electron chi connectivity index (χ3n) is 5.01. The molecule has 0 saturated heterocycles. The molecule has 3 aromatic carbocycles. The molecule has 0 amide bonds. The summed E-state index contributed by atoms with van der Waals surface area (Å²) in [5, 5.41) is 8.19. The molecule has 4 rings (SSSR count). The Morgan fingerprint density at radius 3 is 2.24 bits per heavy atom. The lowest BCUT2D eigenvalue weighted by molar-refractivity contribution is 0.0516. The van der Waals surface area contributed by atoms with Gasteiger partial charge in [-0.2, -0.15) is 0 Å². The maximum atomic E-state index is 12.5. The molecule has 0 aliphatic heterocycles. The summed E-state index contributed by atoms with van der Waals surface area (Å²) in [4.78, 5) is 12.5. The van der Waals surface area contributed by atoms with Crippen LogP contribution in [-0.4, -0.2) is 27.6 Å². The fraction of sp³-hybridized carbons (Fsp3) is 0.192. The van der Waals surface area contributed by atoms with Crippen LogP contribution in [0.3, 0.4) is 0 Å². The fourth-order valence-corrected chi connectivity index (χ4v) is 3.29. The first kappa shape index (κ1) is 22.1. The van der Waals surface area contributed by atoms with Gasteiger partial charge in [-0.05, 0) is 37.1 Å². The van der Waals surface area contributed by atoms with Crippen LogP contribution in [0.15, 0.2) is 78.9 Å². The predicted molar refractivity (Wildman–Crippen MR) is 124 cm³/mol. The fourth-order valence-electron chi connectivity index (χ4n) is 3.29. The van der Waals surface area contributed by atoms with Gasteiger partial charge in [0, 0.05) is 5.56 Å². The van der Waals surface area contributed by atoms with Crippen LogP contribution in [0.25, 0.3) is 0 Å². The summed E-state index contributed by atoms with van der Waals surface area (Å²) in [6.07, 6.45) is 0. The molecule has 0 unspecified atom stereocenters. The maximum absolute atomic E-state index is 12.5. The monoisotopic (exact) mass is 443 g/mol. The van der Waals surface area contributed by atoms with E-state index < -0.39 is 5.97 Å². The van der Waals surface area contributed by atoms with Gasteiger partial charge in [0.2, 0.25) is 5.69 Å². The van der Waals surface area contributed by atoms with E-state index in [0.717, 1.165) is 16.7 Å². The van der Waals surface area contributed by atoms with Crippen LogP contribution in [0.5, 0.6) is 17.4 Å². The van der Waals surface area contributed by atoms with Crippen molar-refractivity contribution in [2.75, 3.05) is 6.61 Å². The Morgan fingerprint density at radius 1 is 0.879 bits per heavy atom. The van der Waals surface area contributed by atoms with Crippen LogP contribution in [0.4, 0.5) is 0 Å². The number of nitrogens with zero attached hydrogens (tertiary/aromatic N) is 3. The molecule has 0 aliphatic carbocycles. The summed E-state index contributed by atoms with van der Waals surface area (Å²) in [6.45, 7) is 4.71. The van der Waals surface area contributed by atoms with Crippen molar-refractivity contribution in [3.8, 4) is 17.4 Å². The Hall–Kier alpha value is -4.13. The molecule has 0 N–H and O–H groups in total. The highest BCUT2D eigenvalue weighted by atomic mass is 16.5. The number of carbonyl (C=O) groups excluding carboxylic acids is 1. The Balaban J connectivity index is 1.61. The van der Waals surface area contributed by atoms with Gasteiger partial charge in [-0.3, -0.25) is 0 Å². The molecule has 0 aliphatic rings. The summed E-state index contributed by atoms with van der Waals surface area (Å²) in [7, 11) is 0. The van der Waals surface area contributed by atoms with Crippen LogP contribution in [0.2, 0.25) is 0 Å². The van der Waals surface area contributed by atoms with Crippen molar-refractivity contribution in [3.05, 3.63) is 101 Å². The second-order valence-electron chi connectivity index (χ2n) is 7.36. The third kappa shape index (κ3) is 5.38. The first-order chi connectivity index (χ1) is 16.2. The lowest BCUT2D eigenvalue weighted by Crippen LogP contribution is -2.09. The van der Waals surface area contributed by atoms with Gasteiger partial charge in [0.15, 0.2) is 0 Å². The van der Waals surface area contributed by atoms with Crippen LogP contribution >= 0.6 is 0 Å². The van der Waals surface area contributed by atoms with E-state index in [2.05, 4.69) is 10.3 Å². The van der Waals surface area contributed by atoms with Gasteiger partial charge in [0.25, 0.3) is 5.88 Å². The Labute approximate surface area is 192 Å². The summed E-state index contributed by atoms with van der Waals surface area (Å²) in [6, 6.07) is 25.3. The van der Waals surface area contributed by atoms with Gasteiger partial charge in [0.05, 0.1) is 13.2 Å². The number of carbonyl (C=O) groups is 1. The zero-order valence-electron chi connectivity index (χ0n) is 18.6. The molecule has 0 radical (unpaired) electrons. The van der Waals surface area contributed by atoms with Gasteiger partial charge in [0.1, 0.15) is 18.1 Å². The van der Waals surface area contributed by atoms with Crippen molar-refractivity contribution in [1.82, 2.24) is 15.0 Å². The number of hydrogen-bond donors (Lipinski definition) is 0. The van der Waals surface area contributed by atoms with Crippen molar-refractivity contribution in [1.29, 1.82) is 0 Å². The van der Waals surface area contributed by atoms with E-state index in [0.29, 0.717) is 24.7 Å². The summed E-state index contributed by atoms with van der Waals surface area (Å²) in [5.41, 5.74) is 2.90. The molecule has 0 bridgehead atoms. The Bertz CT molecular complexity index is 1210. The normalized spacial score (nSPS) is 10.6. The number of hydrogen-bond acceptors (Lipinski definition) is 6. The third-order valence-corrected chi connectivity index (χ3v) is 5.01. The number of benzene rings is 3. The van der Waals surface area contributed by atoms with Gasteiger partial charge < -0.3 is 14.2 Å². The minimum absolute atomic E-state index is 0.0304. The van der Waals surface area contributed by atoms with Crippen molar-refractivity contribution in [3.63, 3.8) is 0 Å². The molecule has 4 aromatic rings. The van der Waals surface area contributed by atoms with Crippen LogP contribution in [-0.2, 0) is 17.9 Å². The Kier molecular flexibility index (Phi) is 6.99. The molecule has 168 valence electrons. The SMILES string of the molecule is CCOC(=O)c1nnn(Cc2ccccc2)c1Oc1cccc(OCc2ccccc2)c1C. The average Bonchev–Trinajstić information content (AvgIpc) is 3.23. The van der Waals surface area contributed by atoms with Crippen LogP contribution < -0.4 is 9.47 Å². The second kappa shape index (κ2) is 10.5. The molecule has 0 saturated carbocycles. The van der Waals surface area contributed by atoms with Gasteiger partial charge in [-0.1, -0.05) is 71.9 Å². The predicted octanol–water partition coefficient (Wildman–Crippen LogP) is 5.18. The maximum Gasteiger partial charge on any atom is 0.364 e. The molecular weight excluding hydrogens is 418 g/mol. The van der Waals surface area contributed by atoms with Crippen LogP contribution in [0, 0.1) is 6.92 Å². The number of rotatable bonds is 9. The highest BCUT2D eigenvalue weighted by molar-refractivity contribution is 5.89. The largest absolute Gasteiger partial charge is 0.488 e. The lowest BCUT2D eigenvalue weighted by atomic mass is 10.2. The van der Waals surface area contributed by atoms with Crippen molar-refractivity contribution >= 4 is 5.97 Å². The van der Waals surface area contributed by atoms with E-state index in [4.69, 9.17) is 14.2 Å². The molecule has 33 heavy (non-hydrogen) atoms. The molecule has 0 spiro atoms. The molecule has 1 heterocycles. The van der Waals surface area contributed by atoms with Gasteiger partial charge >= 0.3 is 5.97 Å². The second-order valence-corrected chi connectivity index (χ2v) is 7.36. The quantitative estimate of drug-likeness (QED) is 0.332. The lowest BCUT2D eigenvalue weighted by Gasteiger charge is -2.15. The topological polar surface area (TPSA) is 75.5 Å².